The van der Waals surface area contributed by atoms with E-state index in [2.05, 4.69) is 6.07 Å². The molecule has 10 heteroatoms. The van der Waals surface area contributed by atoms with Gasteiger partial charge in [0, 0.05) is 16.7 Å². The number of β-lactam (4-membered cyclic amide) rings is 1. The lowest BCUT2D eigenvalue weighted by molar-refractivity contribution is -1.08. The van der Waals surface area contributed by atoms with E-state index in [1.54, 1.807) is 19.1 Å². The first-order valence-corrected chi connectivity index (χ1v) is 14.6. The number of amides is 1. The van der Waals surface area contributed by atoms with E-state index in [0.717, 1.165) is 71.5 Å². The first-order chi connectivity index (χ1) is 20.1. The van der Waals surface area contributed by atoms with E-state index < -0.39 is 29.9 Å². The van der Waals surface area contributed by atoms with E-state index in [1.165, 1.54) is 12.0 Å². The van der Waals surface area contributed by atoms with Gasteiger partial charge in [-0.05, 0) is 53.8 Å². The summed E-state index contributed by atoms with van der Waals surface area (Å²) in [4.78, 5) is 51.4. The van der Waals surface area contributed by atoms with Gasteiger partial charge in [0.2, 0.25) is 5.91 Å². The molecule has 42 heavy (non-hydrogen) atoms. The fourth-order valence-electron chi connectivity index (χ4n) is 8.07. The summed E-state index contributed by atoms with van der Waals surface area (Å²) in [5.74, 6) is -2.66. The lowest BCUT2D eigenvalue weighted by atomic mass is 9.82. The summed E-state index contributed by atoms with van der Waals surface area (Å²) in [6, 6.07) is 11.0. The average Bonchev–Trinajstić information content (AvgIpc) is 3.46. The highest BCUT2D eigenvalue weighted by molar-refractivity contribution is 6.22. The number of aliphatic hydroxyl groups excluding tert-OH is 1. The van der Waals surface area contributed by atoms with Crippen LogP contribution in [0, 0.1) is 5.92 Å². The highest BCUT2D eigenvalue weighted by Gasteiger charge is 2.55. The summed E-state index contributed by atoms with van der Waals surface area (Å²) in [6.07, 6.45) is -0.565. The van der Waals surface area contributed by atoms with Crippen molar-refractivity contribution in [2.75, 3.05) is 52.9 Å². The standard InChI is InChI=1S/C32H34N3O7/c1-18(36)28-26-15-23(29(32(40)41)33(26)31(28)39)20-4-6-22-24(14-20)21-5-3-19(13-25(21)30(22)38)16-34-7-10-35(11-8-34,12-9-34)17-27(37)42-2/h3-6,13-14,18,26,28,36H,7-12,15-17H2,1-2H3/q+1/t18-,26-,28-,34?,35?/m1/s1. The number of ether oxygens (including phenoxy) is 1. The summed E-state index contributed by atoms with van der Waals surface area (Å²) in [5, 5.41) is 22.2. The number of carboxylic acid groups (broad SMARTS) is 1. The zero-order valence-electron chi connectivity index (χ0n) is 23.8. The molecule has 0 unspecified atom stereocenters. The summed E-state index contributed by atoms with van der Waals surface area (Å²) >= 11 is 0. The maximum absolute atomic E-state index is 13.5. The first kappa shape index (κ1) is 27.0. The molecule has 4 fully saturated rings. The predicted molar refractivity (Wildman–Crippen MR) is 148 cm³/mol. The van der Waals surface area contributed by atoms with E-state index in [-0.39, 0.29) is 17.4 Å². The fraction of sp³-hybridized carbons (Fsp3) is 0.438. The highest BCUT2D eigenvalue weighted by Crippen LogP contribution is 2.48. The largest absolute Gasteiger partial charge is 0.543 e. The molecule has 6 aliphatic rings. The van der Waals surface area contributed by atoms with Gasteiger partial charge in [0.1, 0.15) is 45.8 Å². The van der Waals surface area contributed by atoms with E-state index in [1.807, 2.05) is 18.2 Å². The van der Waals surface area contributed by atoms with Gasteiger partial charge in [0.05, 0.1) is 36.8 Å². The van der Waals surface area contributed by atoms with Crippen molar-refractivity contribution < 1.29 is 43.1 Å². The molecule has 4 saturated heterocycles. The number of quaternary nitrogens is 2. The smallest absolute Gasteiger partial charge is 0.361 e. The molecule has 2 bridgehead atoms. The Balaban J connectivity index is 1.15. The fourth-order valence-corrected chi connectivity index (χ4v) is 8.07. The van der Waals surface area contributed by atoms with Gasteiger partial charge in [-0.2, -0.15) is 0 Å². The molecule has 5 aliphatic heterocycles. The van der Waals surface area contributed by atoms with Crippen LogP contribution in [0.4, 0.5) is 0 Å². The lowest BCUT2D eigenvalue weighted by Gasteiger charge is -2.55. The van der Waals surface area contributed by atoms with Gasteiger partial charge in [-0.25, -0.2) is 4.79 Å². The number of carbonyl (C=O) groups is 4. The molecule has 1 N–H and O–H groups in total. The van der Waals surface area contributed by atoms with Crippen LogP contribution in [0.5, 0.6) is 0 Å². The van der Waals surface area contributed by atoms with Crippen LogP contribution in [0.25, 0.3) is 16.7 Å². The molecule has 1 amide bonds. The number of methoxy groups -OCH3 is 1. The Labute approximate surface area is 243 Å². The zero-order chi connectivity index (χ0) is 29.6. The number of carboxylic acids is 1. The summed E-state index contributed by atoms with van der Waals surface area (Å²) in [5.41, 5.74) is 4.89. The van der Waals surface area contributed by atoms with Gasteiger partial charge in [-0.3, -0.25) is 9.59 Å². The Kier molecular flexibility index (Phi) is 5.99. The number of benzene rings is 2. The molecule has 3 atom stereocenters. The van der Waals surface area contributed by atoms with Gasteiger partial charge in [0.15, 0.2) is 12.3 Å². The normalized spacial score (nSPS) is 29.6. The van der Waals surface area contributed by atoms with Crippen molar-refractivity contribution in [3.05, 3.63) is 64.3 Å². The van der Waals surface area contributed by atoms with Crippen molar-refractivity contribution in [1.29, 1.82) is 0 Å². The molecule has 5 heterocycles. The van der Waals surface area contributed by atoms with Crippen LogP contribution in [-0.2, 0) is 25.7 Å². The second-order valence-electron chi connectivity index (χ2n) is 12.7. The first-order valence-electron chi connectivity index (χ1n) is 14.6. The van der Waals surface area contributed by atoms with Crippen molar-refractivity contribution >= 4 is 29.2 Å². The van der Waals surface area contributed by atoms with Crippen LogP contribution in [0.3, 0.4) is 0 Å². The second-order valence-corrected chi connectivity index (χ2v) is 12.7. The molecule has 0 spiro atoms. The van der Waals surface area contributed by atoms with E-state index in [0.29, 0.717) is 35.2 Å². The minimum Gasteiger partial charge on any atom is -0.543 e. The van der Waals surface area contributed by atoms with Gasteiger partial charge < -0.3 is 33.6 Å². The summed E-state index contributed by atoms with van der Waals surface area (Å²) < 4.78 is 6.69. The van der Waals surface area contributed by atoms with Crippen molar-refractivity contribution in [3.63, 3.8) is 0 Å². The number of rotatable bonds is 7. The van der Waals surface area contributed by atoms with Gasteiger partial charge in [0.25, 0.3) is 0 Å². The Hall–Kier alpha value is -3.86. The van der Waals surface area contributed by atoms with Gasteiger partial charge in [-0.15, -0.1) is 0 Å². The SMILES string of the molecule is COC(=O)C[N+]12CC[N+](Cc3ccc4c(c3)C(=O)c3ccc(C5=C(C(=O)[O-])N6C(=O)[C@H]([C@@H](C)O)[C@H]6C5)cc3-4)(CC1)CC2. The topological polar surface area (TPSA) is 124 Å². The number of aliphatic hydroxyl groups is 1. The Bertz CT molecular complexity index is 1580. The number of hydrogen-bond acceptors (Lipinski definition) is 7. The third-order valence-electron chi connectivity index (χ3n) is 10.5. The van der Waals surface area contributed by atoms with Crippen molar-refractivity contribution in [3.8, 4) is 11.1 Å². The van der Waals surface area contributed by atoms with Crippen molar-refractivity contribution in [2.45, 2.75) is 32.0 Å². The molecule has 2 aromatic rings. The van der Waals surface area contributed by atoms with Crippen LogP contribution < -0.4 is 5.11 Å². The zero-order valence-corrected chi connectivity index (χ0v) is 23.8. The quantitative estimate of drug-likeness (QED) is 0.246. The predicted octanol–water partition coefficient (Wildman–Crippen LogP) is 0.304. The third kappa shape index (κ3) is 3.89. The maximum atomic E-state index is 13.5. The monoisotopic (exact) mass is 572 g/mol. The second kappa shape index (κ2) is 9.32. The van der Waals surface area contributed by atoms with Crippen LogP contribution in [0.1, 0.15) is 40.4 Å². The molecule has 0 saturated carbocycles. The summed E-state index contributed by atoms with van der Waals surface area (Å²) in [7, 11) is 1.44. The molecular weight excluding hydrogens is 538 g/mol. The minimum absolute atomic E-state index is 0.0480. The number of piperazine rings is 3. The molecule has 0 radical (unpaired) electrons. The minimum atomic E-state index is -1.42. The highest BCUT2D eigenvalue weighted by atomic mass is 16.5. The number of nitrogens with zero attached hydrogens (tertiary/aromatic N) is 3. The van der Waals surface area contributed by atoms with E-state index in [9.17, 15) is 29.4 Å². The number of ketones is 1. The number of aliphatic carboxylic acids is 1. The van der Waals surface area contributed by atoms with Crippen LogP contribution in [-0.4, -0.2) is 108 Å². The van der Waals surface area contributed by atoms with Crippen LogP contribution >= 0.6 is 0 Å². The Morgan fingerprint density at radius 2 is 1.64 bits per heavy atom. The van der Waals surface area contributed by atoms with Crippen molar-refractivity contribution in [1.82, 2.24) is 4.90 Å². The summed E-state index contributed by atoms with van der Waals surface area (Å²) in [6.45, 7) is 8.59. The number of hydrogen-bond donors (Lipinski definition) is 1. The number of fused-ring (bicyclic) bond motifs is 7. The van der Waals surface area contributed by atoms with Crippen LogP contribution in [0.2, 0.25) is 0 Å². The Morgan fingerprint density at radius 1 is 0.976 bits per heavy atom. The molecule has 0 aromatic heterocycles. The lowest BCUT2D eigenvalue weighted by Crippen LogP contribution is -2.75. The van der Waals surface area contributed by atoms with Crippen molar-refractivity contribution in [2.24, 2.45) is 5.92 Å². The third-order valence-corrected chi connectivity index (χ3v) is 10.5. The van der Waals surface area contributed by atoms with E-state index in [4.69, 9.17) is 4.74 Å². The number of carbonyl (C=O) groups excluding carboxylic acids is 4. The van der Waals surface area contributed by atoms with Gasteiger partial charge >= 0.3 is 5.97 Å². The van der Waals surface area contributed by atoms with E-state index >= 15 is 0 Å². The molecular formula is C32H34N3O7+. The molecule has 2 aromatic carbocycles. The molecule has 8 rings (SSSR count). The van der Waals surface area contributed by atoms with Crippen LogP contribution in [0.15, 0.2) is 42.1 Å². The molecule has 1 aliphatic carbocycles. The Morgan fingerprint density at radius 3 is 2.29 bits per heavy atom. The van der Waals surface area contributed by atoms with Gasteiger partial charge in [-0.1, -0.05) is 18.2 Å². The molecule has 10 nitrogen and oxygen atoms in total. The average molecular weight is 573 g/mol. The number of esters is 1. The molecule has 218 valence electrons. The maximum Gasteiger partial charge on any atom is 0.361 e.